The van der Waals surface area contributed by atoms with E-state index < -0.39 is 0 Å². The highest BCUT2D eigenvalue weighted by Crippen LogP contribution is 2.11. The van der Waals surface area contributed by atoms with Gasteiger partial charge in [0.25, 0.3) is 0 Å². The summed E-state index contributed by atoms with van der Waals surface area (Å²) in [5.74, 6) is 0.645. The van der Waals surface area contributed by atoms with Crippen LogP contribution in [0.3, 0.4) is 0 Å². The highest BCUT2D eigenvalue weighted by atomic mass is 16.5. The molecular weight excluding hydrogens is 202 g/mol. The molecule has 1 aromatic carbocycles. The van der Waals surface area contributed by atoms with Crippen molar-refractivity contribution < 1.29 is 4.52 Å². The molecule has 4 nitrogen and oxygen atoms in total. The lowest BCUT2D eigenvalue weighted by molar-refractivity contribution is 0.425. The second kappa shape index (κ2) is 4.79. The van der Waals surface area contributed by atoms with E-state index in [1.54, 1.807) is 6.92 Å². The number of aromatic nitrogens is 2. The van der Waals surface area contributed by atoms with Crippen molar-refractivity contribution >= 4 is 6.01 Å². The van der Waals surface area contributed by atoms with Crippen LogP contribution < -0.4 is 5.32 Å². The number of hydrogen-bond acceptors (Lipinski definition) is 4. The van der Waals surface area contributed by atoms with E-state index >= 15 is 0 Å². The molecule has 0 atom stereocenters. The van der Waals surface area contributed by atoms with Crippen LogP contribution in [0.1, 0.15) is 23.9 Å². The van der Waals surface area contributed by atoms with Gasteiger partial charge in [0.1, 0.15) is 0 Å². The number of anilines is 1. The van der Waals surface area contributed by atoms with Gasteiger partial charge < -0.3 is 9.84 Å². The maximum absolute atomic E-state index is 4.99. The third kappa shape index (κ3) is 2.39. The fraction of sp³-hybridized carbons (Fsp3) is 0.333. The molecule has 4 heteroatoms. The molecule has 1 heterocycles. The SMILES string of the molecule is CCc1ccccc1CNc1nc(C)no1. The predicted octanol–water partition coefficient (Wildman–Crippen LogP) is 2.55. The van der Waals surface area contributed by atoms with Gasteiger partial charge >= 0.3 is 6.01 Å². The van der Waals surface area contributed by atoms with E-state index in [-0.39, 0.29) is 0 Å². The average molecular weight is 217 g/mol. The van der Waals surface area contributed by atoms with E-state index in [1.165, 1.54) is 11.1 Å². The molecule has 0 aliphatic carbocycles. The molecule has 2 aromatic rings. The van der Waals surface area contributed by atoms with Crippen molar-refractivity contribution in [2.45, 2.75) is 26.8 Å². The standard InChI is InChI=1S/C12H15N3O/c1-3-10-6-4-5-7-11(10)8-13-12-14-9(2)15-16-12/h4-7H,3,8H2,1-2H3,(H,13,14,15). The average Bonchev–Trinajstić information content (AvgIpc) is 2.73. The highest BCUT2D eigenvalue weighted by molar-refractivity contribution is 5.31. The summed E-state index contributed by atoms with van der Waals surface area (Å²) in [5, 5.41) is 6.84. The Morgan fingerprint density at radius 3 is 2.62 bits per heavy atom. The Morgan fingerprint density at radius 2 is 2.00 bits per heavy atom. The fourth-order valence-corrected chi connectivity index (χ4v) is 1.61. The van der Waals surface area contributed by atoms with Gasteiger partial charge in [0.2, 0.25) is 0 Å². The molecule has 1 aromatic heterocycles. The largest absolute Gasteiger partial charge is 0.334 e. The Kier molecular flexibility index (Phi) is 3.19. The van der Waals surface area contributed by atoms with Crippen molar-refractivity contribution in [1.82, 2.24) is 10.1 Å². The minimum Gasteiger partial charge on any atom is -0.334 e. The summed E-state index contributed by atoms with van der Waals surface area (Å²) < 4.78 is 4.99. The first-order valence-electron chi connectivity index (χ1n) is 5.40. The first kappa shape index (κ1) is 10.7. The second-order valence-corrected chi connectivity index (χ2v) is 3.62. The summed E-state index contributed by atoms with van der Waals surface area (Å²) in [5.41, 5.74) is 2.60. The zero-order chi connectivity index (χ0) is 11.4. The molecule has 2 rings (SSSR count). The molecule has 0 fully saturated rings. The third-order valence-corrected chi connectivity index (χ3v) is 2.46. The summed E-state index contributed by atoms with van der Waals surface area (Å²) in [6, 6.07) is 8.81. The maximum Gasteiger partial charge on any atom is 0.321 e. The van der Waals surface area contributed by atoms with Gasteiger partial charge in [0.05, 0.1) is 0 Å². The van der Waals surface area contributed by atoms with Gasteiger partial charge in [0.15, 0.2) is 5.82 Å². The smallest absolute Gasteiger partial charge is 0.321 e. The molecule has 1 N–H and O–H groups in total. The first-order valence-corrected chi connectivity index (χ1v) is 5.40. The van der Waals surface area contributed by atoms with Crippen molar-refractivity contribution in [2.24, 2.45) is 0 Å². The van der Waals surface area contributed by atoms with Crippen LogP contribution in [-0.4, -0.2) is 10.1 Å². The van der Waals surface area contributed by atoms with Gasteiger partial charge in [0, 0.05) is 6.54 Å². The van der Waals surface area contributed by atoms with Gasteiger partial charge in [-0.3, -0.25) is 0 Å². The van der Waals surface area contributed by atoms with Crippen LogP contribution in [0.15, 0.2) is 28.8 Å². The molecule has 0 saturated heterocycles. The lowest BCUT2D eigenvalue weighted by atomic mass is 10.1. The van der Waals surface area contributed by atoms with Crippen LogP contribution >= 0.6 is 0 Å². The lowest BCUT2D eigenvalue weighted by Crippen LogP contribution is -2.02. The van der Waals surface area contributed by atoms with Crippen LogP contribution in [-0.2, 0) is 13.0 Å². The van der Waals surface area contributed by atoms with Gasteiger partial charge in [-0.1, -0.05) is 36.3 Å². The summed E-state index contributed by atoms with van der Waals surface area (Å²) in [6.45, 7) is 4.66. The Morgan fingerprint density at radius 1 is 1.25 bits per heavy atom. The molecule has 16 heavy (non-hydrogen) atoms. The number of hydrogen-bond donors (Lipinski definition) is 1. The van der Waals surface area contributed by atoms with Crippen LogP contribution in [0.5, 0.6) is 0 Å². The van der Waals surface area contributed by atoms with Crippen molar-refractivity contribution in [1.29, 1.82) is 0 Å². The summed E-state index contributed by atoms with van der Waals surface area (Å²) >= 11 is 0. The van der Waals surface area contributed by atoms with Gasteiger partial charge in [-0.05, 0) is 24.5 Å². The van der Waals surface area contributed by atoms with Crippen molar-refractivity contribution in [3.05, 3.63) is 41.2 Å². The molecule has 0 aliphatic heterocycles. The quantitative estimate of drug-likeness (QED) is 0.855. The number of aryl methyl sites for hydroxylation is 2. The third-order valence-electron chi connectivity index (χ3n) is 2.46. The van der Waals surface area contributed by atoms with E-state index in [9.17, 15) is 0 Å². The van der Waals surface area contributed by atoms with Gasteiger partial charge in [-0.2, -0.15) is 4.98 Å². The monoisotopic (exact) mass is 217 g/mol. The summed E-state index contributed by atoms with van der Waals surface area (Å²) in [6.07, 6.45) is 1.03. The van der Waals surface area contributed by atoms with Gasteiger partial charge in [-0.15, -0.1) is 0 Å². The Hall–Kier alpha value is -1.84. The molecular formula is C12H15N3O. The predicted molar refractivity (Wildman–Crippen MR) is 62.2 cm³/mol. The van der Waals surface area contributed by atoms with Crippen LogP contribution in [0.25, 0.3) is 0 Å². The molecule has 0 aliphatic rings. The molecule has 0 amide bonds. The number of benzene rings is 1. The Bertz CT molecular complexity index is 465. The molecule has 0 radical (unpaired) electrons. The van der Waals surface area contributed by atoms with Gasteiger partial charge in [-0.25, -0.2) is 0 Å². The minimum atomic E-state index is 0.475. The minimum absolute atomic E-state index is 0.475. The Labute approximate surface area is 94.7 Å². The van der Waals surface area contributed by atoms with Crippen molar-refractivity contribution in [2.75, 3.05) is 5.32 Å². The highest BCUT2D eigenvalue weighted by Gasteiger charge is 2.03. The van der Waals surface area contributed by atoms with E-state index in [1.807, 2.05) is 6.07 Å². The summed E-state index contributed by atoms with van der Waals surface area (Å²) in [7, 11) is 0. The van der Waals surface area contributed by atoms with E-state index in [0.29, 0.717) is 18.4 Å². The van der Waals surface area contributed by atoms with Crippen molar-refractivity contribution in [3.8, 4) is 0 Å². The Balaban J connectivity index is 2.04. The van der Waals surface area contributed by atoms with E-state index in [4.69, 9.17) is 4.52 Å². The first-order chi connectivity index (χ1) is 7.79. The van der Waals surface area contributed by atoms with Crippen LogP contribution in [0.4, 0.5) is 6.01 Å². The van der Waals surface area contributed by atoms with E-state index in [0.717, 1.165) is 6.42 Å². The van der Waals surface area contributed by atoms with Crippen LogP contribution in [0.2, 0.25) is 0 Å². The molecule has 0 unspecified atom stereocenters. The zero-order valence-electron chi connectivity index (χ0n) is 9.53. The second-order valence-electron chi connectivity index (χ2n) is 3.62. The lowest BCUT2D eigenvalue weighted by Gasteiger charge is -2.06. The summed E-state index contributed by atoms with van der Waals surface area (Å²) in [4.78, 5) is 4.09. The molecule has 0 spiro atoms. The van der Waals surface area contributed by atoms with E-state index in [2.05, 4.69) is 40.6 Å². The normalized spacial score (nSPS) is 10.4. The fourth-order valence-electron chi connectivity index (χ4n) is 1.61. The number of nitrogens with one attached hydrogen (secondary N) is 1. The zero-order valence-corrected chi connectivity index (χ0v) is 9.53. The van der Waals surface area contributed by atoms with Crippen LogP contribution in [0, 0.1) is 6.92 Å². The number of nitrogens with zero attached hydrogens (tertiary/aromatic N) is 2. The molecule has 0 bridgehead atoms. The molecule has 84 valence electrons. The van der Waals surface area contributed by atoms with Crippen molar-refractivity contribution in [3.63, 3.8) is 0 Å². The number of rotatable bonds is 4. The molecule has 0 saturated carbocycles. The maximum atomic E-state index is 4.99. The topological polar surface area (TPSA) is 51.0 Å².